The third-order valence-electron chi connectivity index (χ3n) is 3.18. The summed E-state index contributed by atoms with van der Waals surface area (Å²) in [5.41, 5.74) is 7.82. The Morgan fingerprint density at radius 2 is 2.12 bits per heavy atom. The smallest absolute Gasteiger partial charge is 0.231 e. The number of primary amides is 1. The van der Waals surface area contributed by atoms with E-state index in [1.54, 1.807) is 0 Å². The zero-order chi connectivity index (χ0) is 11.5. The normalized spacial score (nSPS) is 21.2. The second-order valence-corrected chi connectivity index (χ2v) is 4.51. The summed E-state index contributed by atoms with van der Waals surface area (Å²) >= 11 is 0. The van der Waals surface area contributed by atoms with Crippen LogP contribution in [-0.4, -0.2) is 23.9 Å². The highest BCUT2D eigenvalue weighted by Crippen LogP contribution is 2.31. The molecule has 0 aromatic heterocycles. The van der Waals surface area contributed by atoms with Crippen molar-refractivity contribution < 1.29 is 4.79 Å². The summed E-state index contributed by atoms with van der Waals surface area (Å²) in [6.07, 6.45) is 2.27. The molecule has 1 amide bonds. The summed E-state index contributed by atoms with van der Waals surface area (Å²) in [5, 5.41) is 0. The molecule has 16 heavy (non-hydrogen) atoms. The van der Waals surface area contributed by atoms with E-state index in [0.29, 0.717) is 12.6 Å². The highest BCUT2D eigenvalue weighted by molar-refractivity contribution is 5.76. The average molecular weight is 218 g/mol. The maximum atomic E-state index is 11.0. The number of hydrogen-bond acceptors (Lipinski definition) is 2. The number of likely N-dealkylation sites (tertiary alicyclic amines) is 1. The SMILES string of the molecule is Cc1ccc(C2CCCN2CC(N)=O)cc1. The third kappa shape index (κ3) is 2.42. The molecule has 1 saturated heterocycles. The molecule has 1 aliphatic rings. The molecule has 86 valence electrons. The Morgan fingerprint density at radius 3 is 2.75 bits per heavy atom. The molecule has 3 nitrogen and oxygen atoms in total. The molecule has 1 fully saturated rings. The first kappa shape index (κ1) is 11.1. The van der Waals surface area contributed by atoms with Crippen molar-refractivity contribution in [2.45, 2.75) is 25.8 Å². The minimum Gasteiger partial charge on any atom is -0.369 e. The standard InChI is InChI=1S/C13H18N2O/c1-10-4-6-11(7-5-10)12-3-2-8-15(12)9-13(14)16/h4-7,12H,2-3,8-9H2,1H3,(H2,14,16). The van der Waals surface area contributed by atoms with Crippen molar-refractivity contribution in [1.29, 1.82) is 0 Å². The molecule has 2 N–H and O–H groups in total. The van der Waals surface area contributed by atoms with Crippen molar-refractivity contribution in [2.24, 2.45) is 5.73 Å². The Kier molecular flexibility index (Phi) is 3.25. The van der Waals surface area contributed by atoms with Crippen molar-refractivity contribution in [1.82, 2.24) is 4.90 Å². The zero-order valence-electron chi connectivity index (χ0n) is 9.65. The monoisotopic (exact) mass is 218 g/mol. The van der Waals surface area contributed by atoms with Crippen molar-refractivity contribution in [3.8, 4) is 0 Å². The highest BCUT2D eigenvalue weighted by atomic mass is 16.1. The number of aryl methyl sites for hydroxylation is 1. The van der Waals surface area contributed by atoms with Gasteiger partial charge in [0, 0.05) is 6.04 Å². The van der Waals surface area contributed by atoms with Gasteiger partial charge in [-0.25, -0.2) is 0 Å². The van der Waals surface area contributed by atoms with Gasteiger partial charge in [0.1, 0.15) is 0 Å². The van der Waals surface area contributed by atoms with Crippen LogP contribution in [0, 0.1) is 6.92 Å². The maximum absolute atomic E-state index is 11.0. The summed E-state index contributed by atoms with van der Waals surface area (Å²) in [7, 11) is 0. The number of nitrogens with zero attached hydrogens (tertiary/aromatic N) is 1. The summed E-state index contributed by atoms with van der Waals surface area (Å²) in [6.45, 7) is 3.43. The van der Waals surface area contributed by atoms with Crippen LogP contribution in [0.4, 0.5) is 0 Å². The number of carbonyl (C=O) groups excluding carboxylic acids is 1. The van der Waals surface area contributed by atoms with Gasteiger partial charge in [-0.05, 0) is 31.9 Å². The van der Waals surface area contributed by atoms with E-state index in [9.17, 15) is 4.79 Å². The van der Waals surface area contributed by atoms with Crippen molar-refractivity contribution in [3.05, 3.63) is 35.4 Å². The van der Waals surface area contributed by atoms with Crippen LogP contribution < -0.4 is 5.73 Å². The van der Waals surface area contributed by atoms with Crippen molar-refractivity contribution >= 4 is 5.91 Å². The topological polar surface area (TPSA) is 46.3 Å². The van der Waals surface area contributed by atoms with Crippen molar-refractivity contribution in [3.63, 3.8) is 0 Å². The Balaban J connectivity index is 2.13. The quantitative estimate of drug-likeness (QED) is 0.838. The largest absolute Gasteiger partial charge is 0.369 e. The Morgan fingerprint density at radius 1 is 1.44 bits per heavy atom. The number of amides is 1. The average Bonchev–Trinajstić information content (AvgIpc) is 2.66. The molecule has 1 atom stereocenters. The lowest BCUT2D eigenvalue weighted by Gasteiger charge is -2.23. The Labute approximate surface area is 96.2 Å². The molecule has 0 spiro atoms. The van der Waals surface area contributed by atoms with E-state index in [0.717, 1.165) is 19.4 Å². The summed E-state index contributed by atoms with van der Waals surface area (Å²) in [5.74, 6) is -0.237. The summed E-state index contributed by atoms with van der Waals surface area (Å²) < 4.78 is 0. The van der Waals surface area contributed by atoms with Gasteiger partial charge in [0.2, 0.25) is 5.91 Å². The van der Waals surface area contributed by atoms with Gasteiger partial charge in [-0.2, -0.15) is 0 Å². The van der Waals surface area contributed by atoms with Gasteiger partial charge in [0.25, 0.3) is 0 Å². The lowest BCUT2D eigenvalue weighted by atomic mass is 10.0. The molecule has 1 aromatic rings. The molecule has 0 bridgehead atoms. The van der Waals surface area contributed by atoms with Gasteiger partial charge in [-0.3, -0.25) is 9.69 Å². The van der Waals surface area contributed by atoms with Crippen LogP contribution in [0.1, 0.15) is 30.0 Å². The van der Waals surface area contributed by atoms with Gasteiger partial charge in [0.05, 0.1) is 6.54 Å². The van der Waals surface area contributed by atoms with Crippen LogP contribution in [0.3, 0.4) is 0 Å². The molecule has 0 radical (unpaired) electrons. The van der Waals surface area contributed by atoms with E-state index in [1.807, 2.05) is 0 Å². The van der Waals surface area contributed by atoms with E-state index in [-0.39, 0.29) is 5.91 Å². The van der Waals surface area contributed by atoms with E-state index in [4.69, 9.17) is 5.73 Å². The number of nitrogens with two attached hydrogens (primary N) is 1. The van der Waals surface area contributed by atoms with Crippen molar-refractivity contribution in [2.75, 3.05) is 13.1 Å². The number of benzene rings is 1. The molecule has 0 aliphatic carbocycles. The van der Waals surface area contributed by atoms with Crippen LogP contribution in [0.5, 0.6) is 0 Å². The lowest BCUT2D eigenvalue weighted by Crippen LogP contribution is -2.33. The summed E-state index contributed by atoms with van der Waals surface area (Å²) in [6, 6.07) is 8.92. The van der Waals surface area contributed by atoms with Crippen LogP contribution >= 0.6 is 0 Å². The fourth-order valence-corrected chi connectivity index (χ4v) is 2.38. The molecule has 1 unspecified atom stereocenters. The molecule has 1 heterocycles. The van der Waals surface area contributed by atoms with E-state index >= 15 is 0 Å². The molecule has 1 aliphatic heterocycles. The van der Waals surface area contributed by atoms with Gasteiger partial charge in [0.15, 0.2) is 0 Å². The van der Waals surface area contributed by atoms with E-state index < -0.39 is 0 Å². The highest BCUT2D eigenvalue weighted by Gasteiger charge is 2.26. The van der Waals surface area contributed by atoms with Crippen LogP contribution in [0.2, 0.25) is 0 Å². The third-order valence-corrected chi connectivity index (χ3v) is 3.18. The van der Waals surface area contributed by atoms with Crippen LogP contribution in [-0.2, 0) is 4.79 Å². The minimum absolute atomic E-state index is 0.237. The Hall–Kier alpha value is -1.35. The molecule has 0 saturated carbocycles. The second kappa shape index (κ2) is 4.66. The predicted molar refractivity (Wildman–Crippen MR) is 63.9 cm³/mol. The molecular weight excluding hydrogens is 200 g/mol. The molecular formula is C13H18N2O. The fourth-order valence-electron chi connectivity index (χ4n) is 2.38. The maximum Gasteiger partial charge on any atom is 0.231 e. The lowest BCUT2D eigenvalue weighted by molar-refractivity contribution is -0.119. The van der Waals surface area contributed by atoms with Gasteiger partial charge in [-0.15, -0.1) is 0 Å². The van der Waals surface area contributed by atoms with E-state index in [2.05, 4.69) is 36.1 Å². The molecule has 2 rings (SSSR count). The molecule has 3 heteroatoms. The zero-order valence-corrected chi connectivity index (χ0v) is 9.65. The number of rotatable bonds is 3. The second-order valence-electron chi connectivity index (χ2n) is 4.51. The molecule has 1 aromatic carbocycles. The minimum atomic E-state index is -0.237. The summed E-state index contributed by atoms with van der Waals surface area (Å²) in [4.78, 5) is 13.1. The Bertz CT molecular complexity index is 372. The fraction of sp³-hybridized carbons (Fsp3) is 0.462. The van der Waals surface area contributed by atoms with Gasteiger partial charge >= 0.3 is 0 Å². The van der Waals surface area contributed by atoms with Crippen LogP contribution in [0.15, 0.2) is 24.3 Å². The first-order chi connectivity index (χ1) is 7.66. The number of hydrogen-bond donors (Lipinski definition) is 1. The predicted octanol–water partition coefficient (Wildman–Crippen LogP) is 1.62. The van der Waals surface area contributed by atoms with Gasteiger partial charge < -0.3 is 5.73 Å². The number of carbonyl (C=O) groups is 1. The first-order valence-corrected chi connectivity index (χ1v) is 5.76. The van der Waals surface area contributed by atoms with E-state index in [1.165, 1.54) is 11.1 Å². The van der Waals surface area contributed by atoms with Crippen LogP contribution in [0.25, 0.3) is 0 Å². The van der Waals surface area contributed by atoms with Gasteiger partial charge in [-0.1, -0.05) is 29.8 Å². The first-order valence-electron chi connectivity index (χ1n) is 5.76.